The van der Waals surface area contributed by atoms with Gasteiger partial charge in [-0.15, -0.1) is 0 Å². The second kappa shape index (κ2) is 22.0. The quantitative estimate of drug-likeness (QED) is 0.0275. The van der Waals surface area contributed by atoms with Crippen molar-refractivity contribution < 1.29 is 109 Å². The first kappa shape index (κ1) is 50.8. The normalized spacial score (nSPS) is 32.0. The summed E-state index contributed by atoms with van der Waals surface area (Å²) in [4.78, 5) is 39.4. The predicted octanol–water partition coefficient (Wildman–Crippen LogP) is -6.51. The number of aliphatic hydroxyl groups excluding tert-OH is 5. The number of aliphatic hydroxyl groups is 5. The van der Waals surface area contributed by atoms with Crippen LogP contribution in [0.4, 0.5) is 17.1 Å². The van der Waals surface area contributed by atoms with E-state index in [-0.39, 0.29) is 33.8 Å². The van der Waals surface area contributed by atoms with Crippen LogP contribution in [-0.2, 0) is 37.9 Å². The highest BCUT2D eigenvalue weighted by atomic mass is 16.7. The van der Waals surface area contributed by atoms with Crippen molar-refractivity contribution in [2.45, 2.75) is 91.9 Å². The number of likely N-dealkylation sites (N-methyl/N-ethyl adjacent to an activating group) is 3. The lowest BCUT2D eigenvalue weighted by molar-refractivity contribution is -0.706. The van der Waals surface area contributed by atoms with Gasteiger partial charge in [0.15, 0.2) is 18.1 Å². The first-order valence-corrected chi connectivity index (χ1v) is 21.2. The van der Waals surface area contributed by atoms with Crippen molar-refractivity contribution in [3.63, 3.8) is 0 Å². The number of phenols is 3. The van der Waals surface area contributed by atoms with Crippen LogP contribution in [0.2, 0.25) is 0 Å². The highest BCUT2D eigenvalue weighted by Crippen LogP contribution is 2.33. The summed E-state index contributed by atoms with van der Waals surface area (Å²) in [6.45, 7) is -2.02. The van der Waals surface area contributed by atoms with Crippen molar-refractivity contribution in [3.8, 4) is 17.2 Å². The molecule has 6 rings (SSSR count). The van der Waals surface area contributed by atoms with Crippen molar-refractivity contribution in [1.29, 1.82) is 0 Å². The van der Waals surface area contributed by atoms with Crippen LogP contribution in [-0.4, -0.2) is 192 Å². The molecule has 20 N–H and O–H groups in total. The number of benzene rings is 3. The first-order valence-electron chi connectivity index (χ1n) is 21.2. The summed E-state index contributed by atoms with van der Waals surface area (Å²) >= 11 is 0. The highest BCUT2D eigenvalue weighted by Gasteiger charge is 2.56. The molecule has 67 heavy (non-hydrogen) atoms. The first-order chi connectivity index (χ1) is 31.9. The molecule has 368 valence electrons. The van der Waals surface area contributed by atoms with Crippen LogP contribution < -0.4 is 33.2 Å². The summed E-state index contributed by atoms with van der Waals surface area (Å²) in [7, 11) is 4.65. The molecule has 0 aliphatic carbocycles. The summed E-state index contributed by atoms with van der Waals surface area (Å²) in [6, 6.07) is 7.87. The van der Waals surface area contributed by atoms with E-state index in [1.54, 1.807) is 21.1 Å². The Morgan fingerprint density at radius 3 is 1.25 bits per heavy atom. The van der Waals surface area contributed by atoms with E-state index in [1.165, 1.54) is 70.5 Å². The lowest BCUT2D eigenvalue weighted by atomic mass is 9.94. The van der Waals surface area contributed by atoms with Crippen LogP contribution in [0.25, 0.3) is 0 Å². The molecule has 0 spiro atoms. The van der Waals surface area contributed by atoms with E-state index >= 15 is 0 Å². The minimum absolute atomic E-state index is 0.123. The zero-order valence-electron chi connectivity index (χ0n) is 36.5. The summed E-state index contributed by atoms with van der Waals surface area (Å²) in [5.41, 5.74) is 17.0. The number of carbonyl (C=O) groups excluding carboxylic acids is 3. The Balaban J connectivity index is 1.27. The van der Waals surface area contributed by atoms with Crippen molar-refractivity contribution in [3.05, 3.63) is 71.3 Å². The Bertz CT molecular complexity index is 2210. The number of aromatic hydroxyl groups is 3. The molecule has 3 aromatic rings. The highest BCUT2D eigenvalue weighted by molar-refractivity contribution is 5.94. The third-order valence-electron chi connectivity index (χ3n) is 11.8. The molecule has 3 aromatic carbocycles. The van der Waals surface area contributed by atoms with Crippen molar-refractivity contribution in [1.82, 2.24) is 0 Å². The van der Waals surface area contributed by atoms with Crippen molar-refractivity contribution in [2.24, 2.45) is 0 Å². The van der Waals surface area contributed by atoms with E-state index in [0.717, 1.165) is 0 Å². The van der Waals surface area contributed by atoms with Gasteiger partial charge in [-0.25, -0.2) is 14.4 Å². The van der Waals surface area contributed by atoms with Crippen molar-refractivity contribution >= 4 is 35.0 Å². The number of esters is 3. The van der Waals surface area contributed by atoms with Gasteiger partial charge in [-0.1, -0.05) is 0 Å². The summed E-state index contributed by atoms with van der Waals surface area (Å²) in [6.07, 6.45) is -18.4. The summed E-state index contributed by atoms with van der Waals surface area (Å²) < 4.78 is 47.3. The Labute approximate surface area is 382 Å². The summed E-state index contributed by atoms with van der Waals surface area (Å²) in [5, 5.41) is 92.3. The fourth-order valence-corrected chi connectivity index (χ4v) is 8.07. The molecule has 0 bridgehead atoms. The molecule has 25 nitrogen and oxygen atoms in total. The lowest BCUT2D eigenvalue weighted by Crippen LogP contribution is -2.96. The summed E-state index contributed by atoms with van der Waals surface area (Å²) in [5.74, 6) is -4.44. The fourth-order valence-electron chi connectivity index (χ4n) is 8.07. The van der Waals surface area contributed by atoms with E-state index in [9.17, 15) is 55.2 Å². The van der Waals surface area contributed by atoms with Crippen LogP contribution in [0.5, 0.6) is 17.2 Å². The van der Waals surface area contributed by atoms with Crippen molar-refractivity contribution in [2.75, 3.05) is 58.2 Å². The Kier molecular flexibility index (Phi) is 16.6. The van der Waals surface area contributed by atoms with Gasteiger partial charge in [0.05, 0.1) is 21.1 Å². The Hall–Kier alpha value is -5.65. The maximum Gasteiger partial charge on any atom is 0.342 e. The molecule has 3 aliphatic heterocycles. The van der Waals surface area contributed by atoms with Gasteiger partial charge in [-0.2, -0.15) is 0 Å². The predicted molar refractivity (Wildman–Crippen MR) is 225 cm³/mol. The van der Waals surface area contributed by atoms with Gasteiger partial charge in [0, 0.05) is 17.1 Å². The van der Waals surface area contributed by atoms with Crippen LogP contribution >= 0.6 is 0 Å². The molecular weight excluding hydrogens is 892 g/mol. The lowest BCUT2D eigenvalue weighted by Gasteiger charge is -2.47. The standard InChI is InChI=1S/C42H56N6O19/c1-46-28-33(54)35(26(63-40(28)59)14-61-38(57)20-11-17(44)5-8-23(20)50)66-42-30(48-3)34(55)36(27(65-42)15-62-39(58)21-12-18(45)6-9-24(21)51)67-41-29(47-2)32(53)31(52)25(64-41)13-60-37(56)19-10-16(43)4-7-22(19)49/h4-12,25-36,40-42,46-55,59H,13-15,43-45H2,1-3H3/p+3/t25?,26?,27?,28?,29?,30?,31-,32+,33+,34+,35+,36+,40-,41+,42+/m1/s1. The molecule has 6 unspecified atom stereocenters. The molecule has 0 aromatic heterocycles. The minimum Gasteiger partial charge on any atom is -0.507 e. The number of anilines is 3. The van der Waals surface area contributed by atoms with Gasteiger partial charge >= 0.3 is 17.9 Å². The van der Waals surface area contributed by atoms with E-state index in [0.29, 0.717) is 0 Å². The Morgan fingerprint density at radius 2 is 0.851 bits per heavy atom. The van der Waals surface area contributed by atoms with E-state index in [4.69, 9.17) is 55.1 Å². The SMILES string of the molecule is C[NH2+]C1[C@H](O[C@H]2C(COC(=O)c3cc(N)ccc3O)O[C@@H](O[C@H]3C(COC(=O)c4cc(N)ccc4O)O[C@@H](O)C([NH2+]C)[C@@H]3O)C([NH2+]C)[C@@H]2O)OC(COC(=O)c2cc(N)ccc2O)[C@@H](O)[C@H]1O. The average Bonchev–Trinajstić information content (AvgIpc) is 3.29. The third-order valence-corrected chi connectivity index (χ3v) is 11.8. The number of hydrogen-bond donors (Lipinski definition) is 14. The maximum absolute atomic E-state index is 13.4. The molecule has 0 amide bonds. The molecule has 3 heterocycles. The second-order valence-electron chi connectivity index (χ2n) is 16.2. The number of nitrogens with two attached hydrogens (primary N) is 6. The number of carbonyl (C=O) groups is 3. The van der Waals surface area contributed by atoms with Crippen LogP contribution in [0, 0.1) is 0 Å². The van der Waals surface area contributed by atoms with Crippen LogP contribution in [0.1, 0.15) is 31.1 Å². The zero-order chi connectivity index (χ0) is 48.9. The second-order valence-corrected chi connectivity index (χ2v) is 16.2. The maximum atomic E-state index is 13.4. The molecule has 3 saturated heterocycles. The monoisotopic (exact) mass is 951 g/mol. The largest absolute Gasteiger partial charge is 0.507 e. The molecule has 3 fully saturated rings. The van der Waals surface area contributed by atoms with Gasteiger partial charge in [-0.05, 0) is 54.6 Å². The van der Waals surface area contributed by atoms with Gasteiger partial charge in [-0.3, -0.25) is 0 Å². The molecule has 25 heteroatoms. The molecule has 15 atom stereocenters. The number of hydrogen-bond acceptors (Lipinski definition) is 22. The van der Waals surface area contributed by atoms with E-state index in [2.05, 4.69) is 0 Å². The van der Waals surface area contributed by atoms with Gasteiger partial charge in [0.1, 0.15) is 109 Å². The molecule has 0 saturated carbocycles. The van der Waals surface area contributed by atoms with Crippen LogP contribution in [0.3, 0.4) is 0 Å². The Morgan fingerprint density at radius 1 is 0.507 bits per heavy atom. The van der Waals surface area contributed by atoms with Gasteiger partial charge in [0.25, 0.3) is 0 Å². The number of rotatable bonds is 16. The number of quaternary nitrogens is 3. The number of nitrogen functional groups attached to an aromatic ring is 3. The average molecular weight is 952 g/mol. The van der Waals surface area contributed by atoms with Gasteiger partial charge < -0.3 is 112 Å². The number of ether oxygens (including phenoxy) is 8. The van der Waals surface area contributed by atoms with E-state index < -0.39 is 147 Å². The zero-order valence-corrected chi connectivity index (χ0v) is 36.5. The molecule has 3 aliphatic rings. The van der Waals surface area contributed by atoms with Crippen LogP contribution in [0.15, 0.2) is 54.6 Å². The van der Waals surface area contributed by atoms with E-state index in [1.807, 2.05) is 0 Å². The molecular formula is C42H59N6O19+3. The topological polar surface area (TPSA) is 415 Å². The van der Waals surface area contributed by atoms with Gasteiger partial charge in [0.2, 0.25) is 18.9 Å². The fraction of sp³-hybridized carbons (Fsp3) is 0.500. The third kappa shape index (κ3) is 11.4. The number of phenolic OH excluding ortho intramolecular Hbond substituents is 3. The minimum atomic E-state index is -1.65. The smallest absolute Gasteiger partial charge is 0.342 e. The molecule has 0 radical (unpaired) electrons.